The Kier molecular flexibility index (Phi) is 47.9. The molecule has 0 bridgehead atoms. The molecule has 0 rings (SSSR count). The van der Waals surface area contributed by atoms with Crippen molar-refractivity contribution in [1.82, 2.24) is 0 Å². The molecule has 6 nitrogen and oxygen atoms in total. The van der Waals surface area contributed by atoms with E-state index in [1.54, 1.807) is 0 Å². The van der Waals surface area contributed by atoms with Crippen molar-refractivity contribution >= 4 is 17.9 Å². The third-order valence-electron chi connectivity index (χ3n) is 10.9. The normalized spacial score (nSPS) is 12.6. The second-order valence-electron chi connectivity index (χ2n) is 17.1. The average Bonchev–Trinajstić information content (AvgIpc) is 3.27. The van der Waals surface area contributed by atoms with E-state index in [0.29, 0.717) is 19.3 Å². The van der Waals surface area contributed by atoms with E-state index in [0.717, 1.165) is 103 Å². The van der Waals surface area contributed by atoms with E-state index >= 15 is 0 Å². The van der Waals surface area contributed by atoms with Crippen molar-refractivity contribution in [2.45, 2.75) is 252 Å². The van der Waals surface area contributed by atoms with Crippen molar-refractivity contribution in [2.24, 2.45) is 0 Å². The molecule has 0 aliphatic rings. The first-order chi connectivity index (χ1) is 30.5. The van der Waals surface area contributed by atoms with Crippen LogP contribution in [0.3, 0.4) is 0 Å². The highest BCUT2D eigenvalue weighted by atomic mass is 16.6. The molecule has 0 saturated heterocycles. The highest BCUT2D eigenvalue weighted by Crippen LogP contribution is 2.15. The molecule has 0 unspecified atom stereocenters. The summed E-state index contributed by atoms with van der Waals surface area (Å²) < 4.78 is 16.8. The van der Waals surface area contributed by atoms with E-state index in [9.17, 15) is 14.4 Å². The lowest BCUT2D eigenvalue weighted by atomic mass is 10.0. The van der Waals surface area contributed by atoms with Crippen LogP contribution in [-0.2, 0) is 28.6 Å². The zero-order chi connectivity index (χ0) is 45.1. The molecule has 0 amide bonds. The Morgan fingerprint density at radius 1 is 0.339 bits per heavy atom. The van der Waals surface area contributed by atoms with Gasteiger partial charge in [0, 0.05) is 19.3 Å². The number of hydrogen-bond acceptors (Lipinski definition) is 6. The Bertz CT molecular complexity index is 1180. The van der Waals surface area contributed by atoms with Gasteiger partial charge in [0.25, 0.3) is 0 Å². The van der Waals surface area contributed by atoms with Gasteiger partial charge in [-0.05, 0) is 83.5 Å². The first-order valence-corrected chi connectivity index (χ1v) is 25.9. The number of esters is 3. The SMILES string of the molecule is CC/C=C\C/C=C\C/C=C\C/C=C\C/C=C\CCCCCC(=O)OC[C@@H](COC(=O)CCCCCCC/C=C\CCCC)OC(=O)CCCCCCCCCCCCCCCC. The number of hydrogen-bond donors (Lipinski definition) is 0. The minimum atomic E-state index is -0.789. The summed E-state index contributed by atoms with van der Waals surface area (Å²) in [7, 11) is 0. The van der Waals surface area contributed by atoms with Crippen LogP contribution in [0.2, 0.25) is 0 Å². The quantitative estimate of drug-likeness (QED) is 0.0262. The molecular formula is C56H96O6. The molecule has 0 aromatic rings. The summed E-state index contributed by atoms with van der Waals surface area (Å²) >= 11 is 0. The van der Waals surface area contributed by atoms with Gasteiger partial charge in [0.2, 0.25) is 0 Å². The van der Waals surface area contributed by atoms with Gasteiger partial charge >= 0.3 is 17.9 Å². The van der Waals surface area contributed by atoms with Crippen LogP contribution in [-0.4, -0.2) is 37.2 Å². The van der Waals surface area contributed by atoms with Crippen LogP contribution in [0.1, 0.15) is 245 Å². The lowest BCUT2D eigenvalue weighted by Gasteiger charge is -2.18. The maximum atomic E-state index is 12.8. The lowest BCUT2D eigenvalue weighted by Crippen LogP contribution is -2.30. The summed E-state index contributed by atoms with van der Waals surface area (Å²) in [4.78, 5) is 37.9. The number of rotatable bonds is 46. The molecular weight excluding hydrogens is 769 g/mol. The van der Waals surface area contributed by atoms with Gasteiger partial charge in [0.15, 0.2) is 6.10 Å². The van der Waals surface area contributed by atoms with Crippen LogP contribution in [0.4, 0.5) is 0 Å². The zero-order valence-electron chi connectivity index (χ0n) is 40.6. The fourth-order valence-corrected chi connectivity index (χ4v) is 7.04. The molecule has 0 aromatic carbocycles. The van der Waals surface area contributed by atoms with Gasteiger partial charge < -0.3 is 14.2 Å². The van der Waals surface area contributed by atoms with Gasteiger partial charge in [-0.3, -0.25) is 14.4 Å². The van der Waals surface area contributed by atoms with E-state index in [1.165, 1.54) is 103 Å². The molecule has 0 aromatic heterocycles. The van der Waals surface area contributed by atoms with E-state index in [2.05, 4.69) is 93.7 Å². The topological polar surface area (TPSA) is 78.9 Å². The number of ether oxygens (including phenoxy) is 3. The van der Waals surface area contributed by atoms with Gasteiger partial charge in [-0.1, -0.05) is 216 Å². The second-order valence-corrected chi connectivity index (χ2v) is 17.1. The fourth-order valence-electron chi connectivity index (χ4n) is 7.04. The number of carbonyl (C=O) groups is 3. The Morgan fingerprint density at radius 2 is 0.645 bits per heavy atom. The van der Waals surface area contributed by atoms with Crippen LogP contribution in [0.15, 0.2) is 72.9 Å². The van der Waals surface area contributed by atoms with Crippen molar-refractivity contribution in [3.8, 4) is 0 Å². The Hall–Kier alpha value is -3.15. The summed E-state index contributed by atoms with van der Waals surface area (Å²) in [5.41, 5.74) is 0. The van der Waals surface area contributed by atoms with Crippen molar-refractivity contribution in [2.75, 3.05) is 13.2 Å². The highest BCUT2D eigenvalue weighted by Gasteiger charge is 2.19. The van der Waals surface area contributed by atoms with Crippen LogP contribution in [0.25, 0.3) is 0 Å². The van der Waals surface area contributed by atoms with E-state index in [-0.39, 0.29) is 31.1 Å². The number of unbranched alkanes of at least 4 members (excludes halogenated alkanes) is 23. The first-order valence-electron chi connectivity index (χ1n) is 25.9. The summed E-state index contributed by atoms with van der Waals surface area (Å²) in [6, 6.07) is 0. The molecule has 62 heavy (non-hydrogen) atoms. The van der Waals surface area contributed by atoms with Crippen LogP contribution in [0, 0.1) is 0 Å². The minimum absolute atomic E-state index is 0.0891. The Morgan fingerprint density at radius 3 is 1.06 bits per heavy atom. The standard InChI is InChI=1S/C56H96O6/c1-4-7-10-13-16-19-22-24-26-27-28-29-30-32-34-37-40-43-46-49-55(58)61-52-53(51-60-54(57)48-45-42-39-36-33-21-18-15-12-9-6-3)62-56(59)50-47-44-41-38-35-31-25-23-20-17-14-11-8-5-2/h7,10,15-16,18-19,24,26,28-29,32,34,53H,4-6,8-9,11-14,17,20-23,25,27,30-31,33,35-52H2,1-3H3/b10-7-,18-15-,19-16-,26-24-,29-28-,34-32-/t53-/m1/s1. The van der Waals surface area contributed by atoms with E-state index in [4.69, 9.17) is 14.2 Å². The van der Waals surface area contributed by atoms with Crippen molar-refractivity contribution in [1.29, 1.82) is 0 Å². The van der Waals surface area contributed by atoms with Crippen molar-refractivity contribution in [3.63, 3.8) is 0 Å². The smallest absolute Gasteiger partial charge is 0.306 e. The summed E-state index contributed by atoms with van der Waals surface area (Å²) in [6.07, 6.45) is 63.1. The molecule has 0 N–H and O–H groups in total. The predicted molar refractivity (Wildman–Crippen MR) is 265 cm³/mol. The molecule has 0 aliphatic heterocycles. The maximum Gasteiger partial charge on any atom is 0.306 e. The van der Waals surface area contributed by atoms with Gasteiger partial charge in [-0.15, -0.1) is 0 Å². The molecule has 0 radical (unpaired) electrons. The Labute approximate surface area is 382 Å². The first kappa shape index (κ1) is 58.9. The van der Waals surface area contributed by atoms with E-state index < -0.39 is 6.10 Å². The maximum absolute atomic E-state index is 12.8. The molecule has 1 atom stereocenters. The molecule has 6 heteroatoms. The van der Waals surface area contributed by atoms with Crippen LogP contribution >= 0.6 is 0 Å². The summed E-state index contributed by atoms with van der Waals surface area (Å²) in [5.74, 6) is -0.928. The average molecular weight is 865 g/mol. The molecule has 0 spiro atoms. The number of allylic oxidation sites excluding steroid dienone is 12. The lowest BCUT2D eigenvalue weighted by molar-refractivity contribution is -0.167. The fraction of sp³-hybridized carbons (Fsp3) is 0.732. The summed E-state index contributed by atoms with van der Waals surface area (Å²) in [6.45, 7) is 6.45. The van der Waals surface area contributed by atoms with Gasteiger partial charge in [-0.25, -0.2) is 0 Å². The number of carbonyl (C=O) groups excluding carboxylic acids is 3. The predicted octanol–water partition coefficient (Wildman–Crippen LogP) is 17.0. The molecule has 0 fully saturated rings. The van der Waals surface area contributed by atoms with Crippen molar-refractivity contribution in [3.05, 3.63) is 72.9 Å². The second kappa shape index (κ2) is 50.5. The minimum Gasteiger partial charge on any atom is -0.462 e. The molecule has 0 heterocycles. The highest BCUT2D eigenvalue weighted by molar-refractivity contribution is 5.71. The van der Waals surface area contributed by atoms with E-state index in [1.807, 2.05) is 0 Å². The third kappa shape index (κ3) is 47.9. The zero-order valence-corrected chi connectivity index (χ0v) is 40.6. The van der Waals surface area contributed by atoms with Crippen LogP contribution in [0.5, 0.6) is 0 Å². The van der Waals surface area contributed by atoms with Gasteiger partial charge in [-0.2, -0.15) is 0 Å². The van der Waals surface area contributed by atoms with Gasteiger partial charge in [0.1, 0.15) is 13.2 Å². The monoisotopic (exact) mass is 865 g/mol. The summed E-state index contributed by atoms with van der Waals surface area (Å²) in [5, 5.41) is 0. The molecule has 0 saturated carbocycles. The largest absolute Gasteiger partial charge is 0.462 e. The van der Waals surface area contributed by atoms with Crippen LogP contribution < -0.4 is 0 Å². The molecule has 0 aliphatic carbocycles. The third-order valence-corrected chi connectivity index (χ3v) is 10.9. The van der Waals surface area contributed by atoms with Gasteiger partial charge in [0.05, 0.1) is 0 Å². The Balaban J connectivity index is 4.42. The molecule has 356 valence electrons. The van der Waals surface area contributed by atoms with Crippen molar-refractivity contribution < 1.29 is 28.6 Å².